The smallest absolute Gasteiger partial charge is 0.243 e. The first-order valence-corrected chi connectivity index (χ1v) is 9.25. The number of aromatic nitrogens is 1. The van der Waals surface area contributed by atoms with Crippen LogP contribution in [0.15, 0.2) is 52.1 Å². The fraction of sp³-hybridized carbons (Fsp3) is 0.267. The number of sulfonamides is 1. The zero-order chi connectivity index (χ0) is 18.5. The minimum atomic E-state index is -4.61. The summed E-state index contributed by atoms with van der Waals surface area (Å²) in [6.45, 7) is -0.860. The molecular weight excluding hydrogens is 428 g/mol. The van der Waals surface area contributed by atoms with E-state index in [2.05, 4.69) is 20.9 Å². The molecule has 1 aromatic carbocycles. The van der Waals surface area contributed by atoms with Gasteiger partial charge in [0.2, 0.25) is 0 Å². The predicted octanol–water partition coefficient (Wildman–Crippen LogP) is 3.73. The van der Waals surface area contributed by atoms with Crippen molar-refractivity contribution in [2.75, 3.05) is 13.1 Å². The molecule has 1 aliphatic rings. The summed E-state index contributed by atoms with van der Waals surface area (Å²) in [6.07, 6.45) is -4.16. The monoisotopic (exact) mass is 438 g/mol. The Bertz CT molecular complexity index is 894. The fourth-order valence-electron chi connectivity index (χ4n) is 2.51. The van der Waals surface area contributed by atoms with Crippen LogP contribution in [0.1, 0.15) is 11.1 Å². The van der Waals surface area contributed by atoms with Crippen LogP contribution in [0.4, 0.5) is 17.6 Å². The number of nitrogens with zero attached hydrogens (tertiary/aromatic N) is 2. The molecule has 0 bridgehead atoms. The van der Waals surface area contributed by atoms with Gasteiger partial charge in [-0.15, -0.1) is 0 Å². The highest BCUT2D eigenvalue weighted by Crippen LogP contribution is 2.42. The van der Waals surface area contributed by atoms with Crippen LogP contribution < -0.4 is 0 Å². The third-order valence-electron chi connectivity index (χ3n) is 3.88. The van der Waals surface area contributed by atoms with Gasteiger partial charge in [0.15, 0.2) is 10.7 Å². The van der Waals surface area contributed by atoms with E-state index in [1.165, 1.54) is 0 Å². The van der Waals surface area contributed by atoms with Crippen LogP contribution in [0, 0.1) is 0 Å². The lowest BCUT2D eigenvalue weighted by molar-refractivity contribution is -0.137. The molecule has 2 heterocycles. The second-order valence-corrected chi connectivity index (χ2v) is 8.34. The van der Waals surface area contributed by atoms with Crippen molar-refractivity contribution in [1.29, 1.82) is 0 Å². The number of alkyl halides is 4. The Labute approximate surface area is 149 Å². The predicted molar refractivity (Wildman–Crippen MR) is 84.9 cm³/mol. The largest absolute Gasteiger partial charge is 0.417 e. The van der Waals surface area contributed by atoms with Crippen molar-refractivity contribution in [3.63, 3.8) is 0 Å². The van der Waals surface area contributed by atoms with Crippen molar-refractivity contribution in [1.82, 2.24) is 9.29 Å². The summed E-state index contributed by atoms with van der Waals surface area (Å²) in [4.78, 5) is 3.38. The Hall–Kier alpha value is -1.52. The van der Waals surface area contributed by atoms with Gasteiger partial charge < -0.3 is 0 Å². The van der Waals surface area contributed by atoms with Gasteiger partial charge in [-0.25, -0.2) is 17.8 Å². The van der Waals surface area contributed by atoms with Crippen molar-refractivity contribution in [2.24, 2.45) is 0 Å². The molecule has 0 N–H and O–H groups in total. The highest BCUT2D eigenvalue weighted by Gasteiger charge is 2.51. The molecule has 1 fully saturated rings. The van der Waals surface area contributed by atoms with E-state index in [1.54, 1.807) is 24.3 Å². The molecule has 0 atom stereocenters. The molecule has 4 nitrogen and oxygen atoms in total. The zero-order valence-electron chi connectivity index (χ0n) is 12.5. The van der Waals surface area contributed by atoms with Gasteiger partial charge in [0, 0.05) is 16.2 Å². The zero-order valence-corrected chi connectivity index (χ0v) is 14.9. The fourth-order valence-corrected chi connectivity index (χ4v) is 4.59. The van der Waals surface area contributed by atoms with Gasteiger partial charge in [-0.2, -0.15) is 17.5 Å². The lowest BCUT2D eigenvalue weighted by Gasteiger charge is -2.43. The Morgan fingerprint density at radius 3 is 2.28 bits per heavy atom. The van der Waals surface area contributed by atoms with E-state index in [9.17, 15) is 26.0 Å². The number of benzene rings is 1. The Kier molecular flexibility index (Phi) is 4.41. The molecule has 1 saturated heterocycles. The number of pyridine rings is 1. The summed E-state index contributed by atoms with van der Waals surface area (Å²) >= 11 is 3.22. The number of halogens is 5. The molecule has 0 spiro atoms. The van der Waals surface area contributed by atoms with E-state index in [1.807, 2.05) is 0 Å². The Morgan fingerprint density at radius 1 is 1.12 bits per heavy atom. The summed E-state index contributed by atoms with van der Waals surface area (Å²) in [7, 11) is -4.16. The average Bonchev–Trinajstić information content (AvgIpc) is 2.51. The van der Waals surface area contributed by atoms with E-state index in [4.69, 9.17) is 0 Å². The molecule has 0 amide bonds. The molecular formula is C15H11BrF4N2O2S. The Balaban J connectivity index is 1.81. The second kappa shape index (κ2) is 6.03. The van der Waals surface area contributed by atoms with Crippen molar-refractivity contribution >= 4 is 26.0 Å². The maximum absolute atomic E-state index is 14.9. The molecule has 10 heteroatoms. The van der Waals surface area contributed by atoms with Crippen LogP contribution in [-0.4, -0.2) is 30.8 Å². The molecule has 3 rings (SSSR count). The minimum Gasteiger partial charge on any atom is -0.243 e. The quantitative estimate of drug-likeness (QED) is 0.686. The van der Waals surface area contributed by atoms with Gasteiger partial charge in [-0.05, 0) is 18.2 Å². The van der Waals surface area contributed by atoms with Crippen molar-refractivity contribution in [3.8, 4) is 0 Å². The van der Waals surface area contributed by atoms with Crippen LogP contribution in [0.3, 0.4) is 0 Å². The maximum Gasteiger partial charge on any atom is 0.417 e. The van der Waals surface area contributed by atoms with Crippen LogP contribution in [0.5, 0.6) is 0 Å². The molecule has 1 aromatic heterocycles. The van der Waals surface area contributed by atoms with Gasteiger partial charge in [0.1, 0.15) is 0 Å². The third kappa shape index (κ3) is 3.30. The minimum absolute atomic E-state index is 0.321. The van der Waals surface area contributed by atoms with E-state index in [0.717, 1.165) is 10.4 Å². The maximum atomic E-state index is 14.9. The summed E-state index contributed by atoms with van der Waals surface area (Å²) < 4.78 is 78.6. The van der Waals surface area contributed by atoms with Crippen LogP contribution in [0.25, 0.3) is 0 Å². The Morgan fingerprint density at radius 2 is 1.76 bits per heavy atom. The normalized spacial score (nSPS) is 18.0. The van der Waals surface area contributed by atoms with Gasteiger partial charge >= 0.3 is 6.18 Å². The molecule has 134 valence electrons. The number of hydrogen-bond acceptors (Lipinski definition) is 3. The molecule has 0 radical (unpaired) electrons. The highest BCUT2D eigenvalue weighted by molar-refractivity contribution is 9.10. The second-order valence-electron chi connectivity index (χ2n) is 5.60. The van der Waals surface area contributed by atoms with Gasteiger partial charge in [0.25, 0.3) is 10.0 Å². The summed E-state index contributed by atoms with van der Waals surface area (Å²) in [5.41, 5.74) is -2.59. The SMILES string of the molecule is O=S(=O)(c1ccc(C(F)(F)F)cn1)N1CC(F)(c2ccccc2Br)C1. The van der Waals surface area contributed by atoms with Crippen LogP contribution >= 0.6 is 15.9 Å². The van der Waals surface area contributed by atoms with Crippen molar-refractivity contribution in [3.05, 3.63) is 58.2 Å². The summed E-state index contributed by atoms with van der Waals surface area (Å²) in [6, 6.07) is 7.94. The summed E-state index contributed by atoms with van der Waals surface area (Å²) in [5, 5.41) is -0.547. The lowest BCUT2D eigenvalue weighted by atomic mass is 9.90. The third-order valence-corrected chi connectivity index (χ3v) is 6.28. The first-order valence-electron chi connectivity index (χ1n) is 7.01. The lowest BCUT2D eigenvalue weighted by Crippen LogP contribution is -2.58. The van der Waals surface area contributed by atoms with E-state index in [0.29, 0.717) is 22.3 Å². The first kappa shape index (κ1) is 18.3. The standard InChI is InChI=1S/C15H11BrF4N2O2S/c16-12-4-2-1-3-11(12)14(17)8-22(9-14)25(23,24)13-6-5-10(7-21-13)15(18,19)20/h1-7H,8-9H2. The van der Waals surface area contributed by atoms with Crippen molar-refractivity contribution < 1.29 is 26.0 Å². The van der Waals surface area contributed by atoms with Crippen molar-refractivity contribution in [2.45, 2.75) is 16.9 Å². The van der Waals surface area contributed by atoms with Gasteiger partial charge in [0.05, 0.1) is 18.7 Å². The first-order chi connectivity index (χ1) is 11.5. The topological polar surface area (TPSA) is 50.3 Å². The molecule has 1 aliphatic heterocycles. The van der Waals surface area contributed by atoms with E-state index >= 15 is 0 Å². The van der Waals surface area contributed by atoms with Gasteiger partial charge in [-0.1, -0.05) is 34.1 Å². The summed E-state index contributed by atoms with van der Waals surface area (Å²) in [5.74, 6) is 0. The van der Waals surface area contributed by atoms with E-state index in [-0.39, 0.29) is 0 Å². The molecule has 2 aromatic rings. The molecule has 25 heavy (non-hydrogen) atoms. The number of hydrogen-bond donors (Lipinski definition) is 0. The molecule has 0 unspecified atom stereocenters. The number of rotatable bonds is 3. The molecule has 0 aliphatic carbocycles. The average molecular weight is 439 g/mol. The van der Waals surface area contributed by atoms with Gasteiger partial charge in [-0.3, -0.25) is 0 Å². The van der Waals surface area contributed by atoms with Crippen LogP contribution in [-0.2, 0) is 21.9 Å². The molecule has 0 saturated carbocycles. The highest BCUT2D eigenvalue weighted by atomic mass is 79.9. The van der Waals surface area contributed by atoms with Crippen LogP contribution in [0.2, 0.25) is 0 Å². The van der Waals surface area contributed by atoms with E-state index < -0.39 is 45.5 Å².